The highest BCUT2D eigenvalue weighted by atomic mass is 15.1. The molecule has 0 amide bonds. The van der Waals surface area contributed by atoms with Crippen molar-refractivity contribution >= 4 is 5.95 Å². The monoisotopic (exact) mass is 234 g/mol. The Kier molecular flexibility index (Phi) is 4.31. The molecule has 2 rings (SSSR count). The Labute approximate surface area is 103 Å². The Morgan fingerprint density at radius 3 is 2.53 bits per heavy atom. The van der Waals surface area contributed by atoms with Crippen LogP contribution in [0.2, 0.25) is 0 Å². The van der Waals surface area contributed by atoms with Crippen LogP contribution in [0, 0.1) is 0 Å². The summed E-state index contributed by atoms with van der Waals surface area (Å²) < 4.78 is 0. The predicted molar refractivity (Wildman–Crippen MR) is 70.3 cm³/mol. The van der Waals surface area contributed by atoms with Gasteiger partial charge in [-0.1, -0.05) is 13.8 Å². The number of nitrogens with one attached hydrogen (secondary N) is 2. The maximum absolute atomic E-state index is 4.54. The van der Waals surface area contributed by atoms with Gasteiger partial charge in [-0.15, -0.1) is 0 Å². The summed E-state index contributed by atoms with van der Waals surface area (Å²) in [6.07, 6.45) is 4.36. The van der Waals surface area contributed by atoms with Crippen molar-refractivity contribution in [3.05, 3.63) is 17.5 Å². The van der Waals surface area contributed by atoms with Crippen molar-refractivity contribution in [3.63, 3.8) is 0 Å². The molecular weight excluding hydrogens is 212 g/mol. The molecule has 0 spiro atoms. The molecule has 17 heavy (non-hydrogen) atoms. The van der Waals surface area contributed by atoms with Crippen molar-refractivity contribution in [2.45, 2.75) is 45.6 Å². The van der Waals surface area contributed by atoms with E-state index in [0.717, 1.165) is 43.3 Å². The summed E-state index contributed by atoms with van der Waals surface area (Å²) in [6.45, 7) is 6.41. The Bertz CT molecular complexity index is 336. The Morgan fingerprint density at radius 2 is 2.00 bits per heavy atom. The highest BCUT2D eigenvalue weighted by Crippen LogP contribution is 2.11. The molecule has 0 aromatic carbocycles. The minimum absolute atomic E-state index is 0.473. The molecule has 1 aliphatic heterocycles. The number of aromatic nitrogens is 2. The summed E-state index contributed by atoms with van der Waals surface area (Å²) in [5.74, 6) is 0.801. The van der Waals surface area contributed by atoms with Crippen LogP contribution in [0.3, 0.4) is 0 Å². The van der Waals surface area contributed by atoms with Crippen molar-refractivity contribution in [1.29, 1.82) is 0 Å². The van der Waals surface area contributed by atoms with E-state index in [-0.39, 0.29) is 0 Å². The first kappa shape index (κ1) is 12.3. The molecule has 0 radical (unpaired) electrons. The highest BCUT2D eigenvalue weighted by molar-refractivity contribution is 5.30. The number of hydrogen-bond donors (Lipinski definition) is 2. The minimum atomic E-state index is 0.473. The molecule has 1 aromatic rings. The lowest BCUT2D eigenvalue weighted by molar-refractivity contribution is 0.477. The van der Waals surface area contributed by atoms with E-state index in [2.05, 4.69) is 40.5 Å². The van der Waals surface area contributed by atoms with Crippen LogP contribution in [0.25, 0.3) is 0 Å². The molecule has 94 valence electrons. The van der Waals surface area contributed by atoms with Gasteiger partial charge in [-0.3, -0.25) is 0 Å². The van der Waals surface area contributed by atoms with Gasteiger partial charge in [-0.2, -0.15) is 0 Å². The lowest BCUT2D eigenvalue weighted by Gasteiger charge is -2.24. The third-order valence-corrected chi connectivity index (χ3v) is 3.19. The van der Waals surface area contributed by atoms with Crippen molar-refractivity contribution < 1.29 is 0 Å². The molecule has 1 fully saturated rings. The molecule has 1 aromatic heterocycles. The molecule has 2 heterocycles. The van der Waals surface area contributed by atoms with E-state index in [0.29, 0.717) is 6.04 Å². The fraction of sp³-hybridized carbons (Fsp3) is 0.692. The summed E-state index contributed by atoms with van der Waals surface area (Å²) >= 11 is 0. The van der Waals surface area contributed by atoms with Crippen LogP contribution in [0.15, 0.2) is 6.07 Å². The van der Waals surface area contributed by atoms with Gasteiger partial charge >= 0.3 is 0 Å². The van der Waals surface area contributed by atoms with Crippen molar-refractivity contribution in [1.82, 2.24) is 15.3 Å². The first-order valence-electron chi connectivity index (χ1n) is 6.66. The molecule has 4 heteroatoms. The largest absolute Gasteiger partial charge is 0.350 e. The molecule has 1 unspecified atom stereocenters. The number of anilines is 1. The number of nitrogens with zero attached hydrogens (tertiary/aromatic N) is 2. The fourth-order valence-electron chi connectivity index (χ4n) is 2.14. The number of piperidine rings is 1. The average molecular weight is 234 g/mol. The molecule has 1 atom stereocenters. The number of rotatable bonds is 4. The Hall–Kier alpha value is -1.16. The van der Waals surface area contributed by atoms with Crippen LogP contribution >= 0.6 is 0 Å². The summed E-state index contributed by atoms with van der Waals surface area (Å²) in [7, 11) is 0. The molecule has 0 aliphatic carbocycles. The zero-order chi connectivity index (χ0) is 12.1. The smallest absolute Gasteiger partial charge is 0.223 e. The number of hydrogen-bond acceptors (Lipinski definition) is 4. The maximum atomic E-state index is 4.54. The SMILES string of the molecule is CCc1cc(CC)nc(NC2CCCNC2)n1. The zero-order valence-electron chi connectivity index (χ0n) is 10.8. The zero-order valence-corrected chi connectivity index (χ0v) is 10.8. The Morgan fingerprint density at radius 1 is 1.29 bits per heavy atom. The number of aryl methyl sites for hydroxylation is 2. The van der Waals surface area contributed by atoms with E-state index in [1.165, 1.54) is 12.8 Å². The van der Waals surface area contributed by atoms with Gasteiger partial charge in [0.1, 0.15) is 0 Å². The molecule has 0 bridgehead atoms. The van der Waals surface area contributed by atoms with Crippen LogP contribution in [-0.4, -0.2) is 29.1 Å². The summed E-state index contributed by atoms with van der Waals surface area (Å²) in [6, 6.07) is 2.57. The van der Waals surface area contributed by atoms with Crippen LogP contribution in [-0.2, 0) is 12.8 Å². The van der Waals surface area contributed by atoms with E-state index < -0.39 is 0 Å². The van der Waals surface area contributed by atoms with Gasteiger partial charge in [-0.05, 0) is 38.3 Å². The van der Waals surface area contributed by atoms with Gasteiger partial charge in [0.05, 0.1) is 0 Å². The standard InChI is InChI=1S/C13H22N4/c1-3-10-8-11(4-2)16-13(15-10)17-12-6-5-7-14-9-12/h8,12,14H,3-7,9H2,1-2H3,(H,15,16,17). The fourth-order valence-corrected chi connectivity index (χ4v) is 2.14. The van der Waals surface area contributed by atoms with Gasteiger partial charge in [-0.25, -0.2) is 9.97 Å². The van der Waals surface area contributed by atoms with Crippen LogP contribution in [0.4, 0.5) is 5.95 Å². The van der Waals surface area contributed by atoms with Crippen molar-refractivity contribution in [2.75, 3.05) is 18.4 Å². The Balaban J connectivity index is 2.07. The summed E-state index contributed by atoms with van der Waals surface area (Å²) in [4.78, 5) is 9.09. The first-order valence-corrected chi connectivity index (χ1v) is 6.66. The van der Waals surface area contributed by atoms with E-state index >= 15 is 0 Å². The topological polar surface area (TPSA) is 49.8 Å². The lowest BCUT2D eigenvalue weighted by Crippen LogP contribution is -2.38. The van der Waals surface area contributed by atoms with Crippen molar-refractivity contribution in [2.24, 2.45) is 0 Å². The van der Waals surface area contributed by atoms with E-state index in [1.807, 2.05) is 0 Å². The van der Waals surface area contributed by atoms with Gasteiger partial charge < -0.3 is 10.6 Å². The second kappa shape index (κ2) is 5.96. The third kappa shape index (κ3) is 3.40. The van der Waals surface area contributed by atoms with Crippen LogP contribution in [0.1, 0.15) is 38.1 Å². The first-order chi connectivity index (χ1) is 8.31. The molecule has 2 N–H and O–H groups in total. The quantitative estimate of drug-likeness (QED) is 0.833. The second-order valence-electron chi connectivity index (χ2n) is 4.57. The van der Waals surface area contributed by atoms with Gasteiger partial charge in [0.15, 0.2) is 0 Å². The van der Waals surface area contributed by atoms with E-state index in [9.17, 15) is 0 Å². The summed E-state index contributed by atoms with van der Waals surface area (Å²) in [5.41, 5.74) is 2.26. The van der Waals surface area contributed by atoms with Gasteiger partial charge in [0.25, 0.3) is 0 Å². The molecular formula is C13H22N4. The van der Waals surface area contributed by atoms with Gasteiger partial charge in [0.2, 0.25) is 5.95 Å². The molecule has 1 aliphatic rings. The molecule has 1 saturated heterocycles. The van der Waals surface area contributed by atoms with Crippen LogP contribution in [0.5, 0.6) is 0 Å². The van der Waals surface area contributed by atoms with Crippen molar-refractivity contribution in [3.8, 4) is 0 Å². The lowest BCUT2D eigenvalue weighted by atomic mass is 10.1. The van der Waals surface area contributed by atoms with Gasteiger partial charge in [0, 0.05) is 24.0 Å². The molecule has 4 nitrogen and oxygen atoms in total. The second-order valence-corrected chi connectivity index (χ2v) is 4.57. The normalized spacial score (nSPS) is 20.2. The predicted octanol–water partition coefficient (Wildman–Crippen LogP) is 1.77. The average Bonchev–Trinajstić information content (AvgIpc) is 2.39. The van der Waals surface area contributed by atoms with E-state index in [4.69, 9.17) is 0 Å². The highest BCUT2D eigenvalue weighted by Gasteiger charge is 2.14. The third-order valence-electron chi connectivity index (χ3n) is 3.19. The summed E-state index contributed by atoms with van der Waals surface area (Å²) in [5, 5.41) is 6.84. The minimum Gasteiger partial charge on any atom is -0.350 e. The van der Waals surface area contributed by atoms with E-state index in [1.54, 1.807) is 0 Å². The molecule has 0 saturated carbocycles. The maximum Gasteiger partial charge on any atom is 0.223 e. The van der Waals surface area contributed by atoms with Crippen LogP contribution < -0.4 is 10.6 Å².